The van der Waals surface area contributed by atoms with Crippen molar-refractivity contribution in [2.45, 2.75) is 32.9 Å². The van der Waals surface area contributed by atoms with Crippen LogP contribution in [0.2, 0.25) is 5.02 Å². The molecule has 2 N–H and O–H groups in total. The summed E-state index contributed by atoms with van der Waals surface area (Å²) in [5, 5.41) is 4.53. The second-order valence-corrected chi connectivity index (χ2v) is 7.24. The van der Waals surface area contributed by atoms with Crippen molar-refractivity contribution < 1.29 is 13.9 Å². The third-order valence-corrected chi connectivity index (χ3v) is 4.99. The van der Waals surface area contributed by atoms with E-state index in [9.17, 15) is 4.79 Å². The van der Waals surface area contributed by atoms with Crippen molar-refractivity contribution in [1.29, 1.82) is 0 Å². The number of nitrogens with one attached hydrogen (secondary N) is 2. The van der Waals surface area contributed by atoms with Crippen LogP contribution in [-0.2, 0) is 17.9 Å². The molecule has 0 bridgehead atoms. The number of hydrogen-bond acceptors (Lipinski definition) is 3. The third-order valence-electron chi connectivity index (χ3n) is 4.69. The molecule has 3 aromatic rings. The highest BCUT2D eigenvalue weighted by atomic mass is 35.5. The lowest BCUT2D eigenvalue weighted by atomic mass is 10.1. The fourth-order valence-electron chi connectivity index (χ4n) is 2.74. The normalized spacial score (nSPS) is 15.3. The molecule has 1 amide bonds. The predicted molar refractivity (Wildman–Crippen MR) is 95.5 cm³/mol. The van der Waals surface area contributed by atoms with E-state index in [4.69, 9.17) is 20.8 Å². The van der Waals surface area contributed by atoms with E-state index >= 15 is 0 Å². The number of carbonyl (C=O) groups is 1. The van der Waals surface area contributed by atoms with Crippen molar-refractivity contribution in [2.75, 3.05) is 0 Å². The molecule has 2 aromatic heterocycles. The number of fused-ring (bicyclic) bond motifs is 1. The van der Waals surface area contributed by atoms with Crippen LogP contribution in [0.4, 0.5) is 0 Å². The van der Waals surface area contributed by atoms with Crippen molar-refractivity contribution in [2.24, 2.45) is 5.41 Å². The van der Waals surface area contributed by atoms with Gasteiger partial charge in [-0.15, -0.1) is 0 Å². The van der Waals surface area contributed by atoms with Gasteiger partial charge in [-0.05, 0) is 31.0 Å². The van der Waals surface area contributed by atoms with Gasteiger partial charge in [0.05, 0.1) is 24.1 Å². The van der Waals surface area contributed by atoms with Crippen LogP contribution < -0.4 is 10.1 Å². The number of furan rings is 1. The van der Waals surface area contributed by atoms with Gasteiger partial charge in [-0.3, -0.25) is 4.79 Å². The fourth-order valence-corrected chi connectivity index (χ4v) is 2.97. The van der Waals surface area contributed by atoms with Gasteiger partial charge in [0.15, 0.2) is 0 Å². The van der Waals surface area contributed by atoms with E-state index in [1.165, 1.54) is 0 Å². The average molecular weight is 359 g/mol. The summed E-state index contributed by atoms with van der Waals surface area (Å²) in [7, 11) is 0. The lowest BCUT2D eigenvalue weighted by Gasteiger charge is -2.08. The number of rotatable bonds is 6. The van der Waals surface area contributed by atoms with Gasteiger partial charge in [-0.25, -0.2) is 0 Å². The number of carbonyl (C=O) groups excluding carboxylic acids is 1. The summed E-state index contributed by atoms with van der Waals surface area (Å²) in [5.41, 5.74) is 2.65. The van der Waals surface area contributed by atoms with Gasteiger partial charge >= 0.3 is 0 Å². The minimum Gasteiger partial charge on any atom is -0.487 e. The summed E-state index contributed by atoms with van der Waals surface area (Å²) in [6.45, 7) is 2.87. The lowest BCUT2D eigenvalue weighted by Crippen LogP contribution is -2.29. The topological polar surface area (TPSA) is 67.3 Å². The molecule has 2 heterocycles. The van der Waals surface area contributed by atoms with Gasteiger partial charge in [0.1, 0.15) is 12.4 Å². The Balaban J connectivity index is 1.47. The first-order valence-corrected chi connectivity index (χ1v) is 8.65. The van der Waals surface area contributed by atoms with Crippen molar-refractivity contribution in [1.82, 2.24) is 10.3 Å². The summed E-state index contributed by atoms with van der Waals surface area (Å²) >= 11 is 6.32. The molecule has 4 rings (SSSR count). The van der Waals surface area contributed by atoms with E-state index in [0.717, 1.165) is 35.0 Å². The van der Waals surface area contributed by atoms with Crippen LogP contribution in [0, 0.1) is 5.41 Å². The first kappa shape index (κ1) is 16.1. The summed E-state index contributed by atoms with van der Waals surface area (Å²) in [4.78, 5) is 15.4. The Bertz CT molecular complexity index is 910. The Morgan fingerprint density at radius 1 is 1.40 bits per heavy atom. The molecule has 1 aliphatic rings. The number of ether oxygens (including phenoxy) is 1. The van der Waals surface area contributed by atoms with E-state index in [1.807, 2.05) is 31.2 Å². The van der Waals surface area contributed by atoms with Gasteiger partial charge in [-0.2, -0.15) is 0 Å². The van der Waals surface area contributed by atoms with Gasteiger partial charge < -0.3 is 19.5 Å². The number of H-pyrrole nitrogens is 1. The quantitative estimate of drug-likeness (QED) is 0.685. The Morgan fingerprint density at radius 2 is 2.24 bits per heavy atom. The standard InChI is InChI=1S/C19H19ClN2O3/c1-19(3-4-19)18(23)21-9-14-6-13-7-15(20)17(8-16(13)22-14)25-11-12-2-5-24-10-12/h2,5-8,10,22H,3-4,9,11H2,1H3,(H,21,23). The maximum Gasteiger partial charge on any atom is 0.226 e. The number of amides is 1. The predicted octanol–water partition coefficient (Wildman–Crippen LogP) is 4.41. The third kappa shape index (κ3) is 3.37. The second-order valence-electron chi connectivity index (χ2n) is 6.83. The molecule has 0 saturated heterocycles. The van der Waals surface area contributed by atoms with Gasteiger partial charge in [0.2, 0.25) is 5.91 Å². The molecule has 0 spiro atoms. The molecule has 1 aromatic carbocycles. The minimum absolute atomic E-state index is 0.119. The molecule has 0 unspecified atom stereocenters. The number of aromatic nitrogens is 1. The van der Waals surface area contributed by atoms with Crippen molar-refractivity contribution in [3.05, 3.63) is 53.1 Å². The molecule has 130 valence electrons. The van der Waals surface area contributed by atoms with Crippen LogP contribution in [0.3, 0.4) is 0 Å². The van der Waals surface area contributed by atoms with Crippen LogP contribution in [0.25, 0.3) is 10.9 Å². The van der Waals surface area contributed by atoms with E-state index < -0.39 is 0 Å². The monoisotopic (exact) mass is 358 g/mol. The van der Waals surface area contributed by atoms with Crippen LogP contribution in [-0.4, -0.2) is 10.9 Å². The summed E-state index contributed by atoms with van der Waals surface area (Å²) in [6, 6.07) is 7.59. The van der Waals surface area contributed by atoms with Crippen LogP contribution in [0.5, 0.6) is 5.75 Å². The zero-order valence-corrected chi connectivity index (χ0v) is 14.7. The number of halogens is 1. The van der Waals surface area contributed by atoms with E-state index in [0.29, 0.717) is 23.9 Å². The van der Waals surface area contributed by atoms with Crippen LogP contribution in [0.15, 0.2) is 41.2 Å². The van der Waals surface area contributed by atoms with E-state index in [2.05, 4.69) is 10.3 Å². The smallest absolute Gasteiger partial charge is 0.226 e. The highest BCUT2D eigenvalue weighted by Gasteiger charge is 2.44. The molecule has 1 aliphatic carbocycles. The molecule has 1 fully saturated rings. The maximum absolute atomic E-state index is 12.0. The second kappa shape index (κ2) is 6.15. The van der Waals surface area contributed by atoms with Crippen molar-refractivity contribution >= 4 is 28.4 Å². The molecule has 0 aliphatic heterocycles. The van der Waals surface area contributed by atoms with Gasteiger partial charge in [0, 0.05) is 33.6 Å². The molecule has 0 radical (unpaired) electrons. The van der Waals surface area contributed by atoms with Crippen molar-refractivity contribution in [3.8, 4) is 5.75 Å². The van der Waals surface area contributed by atoms with E-state index in [-0.39, 0.29) is 11.3 Å². The number of benzene rings is 1. The molecule has 25 heavy (non-hydrogen) atoms. The highest BCUT2D eigenvalue weighted by Crippen LogP contribution is 2.45. The summed E-state index contributed by atoms with van der Waals surface area (Å²) < 4.78 is 10.8. The first-order valence-electron chi connectivity index (χ1n) is 8.27. The molecule has 6 heteroatoms. The fraction of sp³-hybridized carbons (Fsp3) is 0.316. The molecule has 5 nitrogen and oxygen atoms in total. The average Bonchev–Trinajstić information content (AvgIpc) is 3.01. The minimum atomic E-state index is -0.163. The summed E-state index contributed by atoms with van der Waals surface area (Å²) in [6.07, 6.45) is 5.19. The van der Waals surface area contributed by atoms with E-state index in [1.54, 1.807) is 12.5 Å². The van der Waals surface area contributed by atoms with Crippen LogP contribution in [0.1, 0.15) is 31.0 Å². The number of hydrogen-bond donors (Lipinski definition) is 2. The molecular formula is C19H19ClN2O3. The van der Waals surface area contributed by atoms with Gasteiger partial charge in [-0.1, -0.05) is 18.5 Å². The Labute approximate surface area is 150 Å². The Kier molecular flexibility index (Phi) is 3.96. The molecular weight excluding hydrogens is 340 g/mol. The molecule has 1 saturated carbocycles. The zero-order chi connectivity index (χ0) is 17.4. The Hall–Kier alpha value is -2.40. The largest absolute Gasteiger partial charge is 0.487 e. The first-order chi connectivity index (χ1) is 12.0. The zero-order valence-electron chi connectivity index (χ0n) is 13.9. The van der Waals surface area contributed by atoms with Crippen LogP contribution >= 0.6 is 11.6 Å². The highest BCUT2D eigenvalue weighted by molar-refractivity contribution is 6.32. The van der Waals surface area contributed by atoms with Crippen molar-refractivity contribution in [3.63, 3.8) is 0 Å². The van der Waals surface area contributed by atoms with Gasteiger partial charge in [0.25, 0.3) is 0 Å². The summed E-state index contributed by atoms with van der Waals surface area (Å²) in [5.74, 6) is 0.728. The maximum atomic E-state index is 12.0. The number of aromatic amines is 1. The molecule has 0 atom stereocenters. The Morgan fingerprint density at radius 3 is 2.96 bits per heavy atom. The lowest BCUT2D eigenvalue weighted by molar-refractivity contribution is -0.125. The SMILES string of the molecule is CC1(C(=O)NCc2cc3cc(Cl)c(OCc4ccoc4)cc3[nH]2)CC1.